The highest BCUT2D eigenvalue weighted by atomic mass is 35.5. The summed E-state index contributed by atoms with van der Waals surface area (Å²) in [5, 5.41) is 3.01. The number of nitrogens with two attached hydrogens (primary N) is 1. The molecule has 24 heavy (non-hydrogen) atoms. The monoisotopic (exact) mass is 339 g/mol. The zero-order valence-corrected chi connectivity index (χ0v) is 14.1. The molecule has 0 aliphatic heterocycles. The summed E-state index contributed by atoms with van der Waals surface area (Å²) in [5.74, 6) is 0.876. The van der Waals surface area contributed by atoms with Crippen molar-refractivity contribution < 1.29 is 10.1 Å². The maximum atomic E-state index is 5.88. The number of hydrogen-bond donors (Lipinski definition) is 1. The topological polar surface area (TPSA) is 38.7 Å². The van der Waals surface area contributed by atoms with E-state index >= 15 is 0 Å². The van der Waals surface area contributed by atoms with Crippen LogP contribution < -0.4 is 10.1 Å². The third-order valence-electron chi connectivity index (χ3n) is 3.72. The Morgan fingerprint density at radius 3 is 2.25 bits per heavy atom. The van der Waals surface area contributed by atoms with Crippen molar-refractivity contribution >= 4 is 11.6 Å². The number of halogens is 1. The Hall–Kier alpha value is -2.36. The fourth-order valence-electron chi connectivity index (χ4n) is 2.39. The van der Waals surface area contributed by atoms with Gasteiger partial charge in [0.2, 0.25) is 0 Å². The molecular formula is C20H20ClN2O+. The molecular weight excluding hydrogens is 320 g/mol. The largest absolute Gasteiger partial charge is 0.489 e. The third kappa shape index (κ3) is 5.08. The lowest BCUT2D eigenvalue weighted by molar-refractivity contribution is -0.686. The van der Waals surface area contributed by atoms with E-state index in [9.17, 15) is 0 Å². The molecule has 0 saturated heterocycles. The maximum absolute atomic E-state index is 5.88. The summed E-state index contributed by atoms with van der Waals surface area (Å²) in [7, 11) is 0. The molecule has 0 atom stereocenters. The molecule has 3 nitrogen and oxygen atoms in total. The Kier molecular flexibility index (Phi) is 5.83. The third-order valence-corrected chi connectivity index (χ3v) is 3.98. The molecule has 1 heterocycles. The summed E-state index contributed by atoms with van der Waals surface area (Å²) in [6.07, 6.45) is 3.70. The van der Waals surface area contributed by atoms with Crippen LogP contribution >= 0.6 is 11.6 Å². The minimum atomic E-state index is 0.545. The average Bonchev–Trinajstić information content (AvgIpc) is 2.63. The van der Waals surface area contributed by atoms with Crippen molar-refractivity contribution in [3.63, 3.8) is 0 Å². The lowest BCUT2D eigenvalue weighted by Crippen LogP contribution is -2.80. The lowest BCUT2D eigenvalue weighted by Gasteiger charge is -2.07. The van der Waals surface area contributed by atoms with Crippen LogP contribution in [0.25, 0.3) is 0 Å². The summed E-state index contributed by atoms with van der Waals surface area (Å²) in [4.78, 5) is 4.13. The van der Waals surface area contributed by atoms with Crippen molar-refractivity contribution in [1.82, 2.24) is 4.98 Å². The van der Waals surface area contributed by atoms with Crippen LogP contribution in [0.1, 0.15) is 16.7 Å². The molecule has 2 aromatic carbocycles. The van der Waals surface area contributed by atoms with Gasteiger partial charge in [-0.25, -0.2) is 0 Å². The van der Waals surface area contributed by atoms with Crippen molar-refractivity contribution in [2.75, 3.05) is 0 Å². The highest BCUT2D eigenvalue weighted by Crippen LogP contribution is 2.15. The van der Waals surface area contributed by atoms with E-state index in [-0.39, 0.29) is 0 Å². The first-order valence-corrected chi connectivity index (χ1v) is 8.34. The molecule has 3 aromatic rings. The molecule has 0 radical (unpaired) electrons. The summed E-state index contributed by atoms with van der Waals surface area (Å²) < 4.78 is 5.80. The number of aromatic nitrogens is 1. The van der Waals surface area contributed by atoms with Gasteiger partial charge in [0, 0.05) is 28.5 Å². The second-order valence-electron chi connectivity index (χ2n) is 5.62. The molecule has 0 amide bonds. The van der Waals surface area contributed by atoms with Crippen LogP contribution in [0.4, 0.5) is 0 Å². The van der Waals surface area contributed by atoms with Gasteiger partial charge >= 0.3 is 0 Å². The van der Waals surface area contributed by atoms with Gasteiger partial charge in [0.1, 0.15) is 25.4 Å². The van der Waals surface area contributed by atoms with Gasteiger partial charge in [-0.2, -0.15) is 0 Å². The predicted octanol–water partition coefficient (Wildman–Crippen LogP) is 3.58. The Morgan fingerprint density at radius 2 is 1.54 bits per heavy atom. The van der Waals surface area contributed by atoms with E-state index in [4.69, 9.17) is 16.3 Å². The Labute approximate surface area is 147 Å². The quantitative estimate of drug-likeness (QED) is 0.714. The van der Waals surface area contributed by atoms with Crippen LogP contribution in [0.15, 0.2) is 73.1 Å². The van der Waals surface area contributed by atoms with E-state index in [2.05, 4.69) is 28.5 Å². The molecule has 4 heteroatoms. The fourth-order valence-corrected chi connectivity index (χ4v) is 2.52. The van der Waals surface area contributed by atoms with Crippen LogP contribution in [0.2, 0.25) is 5.02 Å². The lowest BCUT2D eigenvalue weighted by atomic mass is 10.2. The van der Waals surface area contributed by atoms with Crippen molar-refractivity contribution in [3.05, 3.63) is 94.8 Å². The molecule has 2 N–H and O–H groups in total. The standard InChI is InChI=1S/C20H19ClN2O/c21-19-7-3-17(4-8-19)15-24-20-9-5-16(6-10-20)12-23-14-18-2-1-11-22-13-18/h1-11,13,23H,12,14-15H2/p+1. The van der Waals surface area contributed by atoms with Crippen LogP contribution in [-0.4, -0.2) is 4.98 Å². The van der Waals surface area contributed by atoms with Crippen LogP contribution in [0, 0.1) is 0 Å². The van der Waals surface area contributed by atoms with Crippen LogP contribution in [0.3, 0.4) is 0 Å². The second kappa shape index (κ2) is 8.48. The SMILES string of the molecule is Clc1ccc(COc2ccc(C[NH2+]Cc3cccnc3)cc2)cc1. The van der Waals surface area contributed by atoms with E-state index in [1.165, 1.54) is 11.1 Å². The number of benzene rings is 2. The van der Waals surface area contributed by atoms with Crippen LogP contribution in [-0.2, 0) is 19.7 Å². The Balaban J connectivity index is 1.45. The summed E-state index contributed by atoms with van der Waals surface area (Å²) in [6, 6.07) is 20.0. The van der Waals surface area contributed by atoms with Crippen molar-refractivity contribution in [3.8, 4) is 5.75 Å². The molecule has 0 unspecified atom stereocenters. The molecule has 3 rings (SSSR count). The summed E-state index contributed by atoms with van der Waals surface area (Å²) in [6.45, 7) is 2.42. The number of rotatable bonds is 7. The zero-order valence-electron chi connectivity index (χ0n) is 13.4. The minimum absolute atomic E-state index is 0.545. The number of quaternary nitrogens is 1. The predicted molar refractivity (Wildman–Crippen MR) is 95.8 cm³/mol. The molecule has 0 bridgehead atoms. The minimum Gasteiger partial charge on any atom is -0.489 e. The highest BCUT2D eigenvalue weighted by Gasteiger charge is 2.00. The second-order valence-corrected chi connectivity index (χ2v) is 6.05. The van der Waals surface area contributed by atoms with Crippen molar-refractivity contribution in [2.24, 2.45) is 0 Å². The van der Waals surface area contributed by atoms with E-state index in [0.29, 0.717) is 6.61 Å². The highest BCUT2D eigenvalue weighted by molar-refractivity contribution is 6.30. The summed E-state index contributed by atoms with van der Waals surface area (Å²) >= 11 is 5.88. The number of pyridine rings is 1. The molecule has 0 aliphatic rings. The van der Waals surface area contributed by atoms with Gasteiger partial charge in [0.15, 0.2) is 0 Å². The van der Waals surface area contributed by atoms with Gasteiger partial charge < -0.3 is 10.1 Å². The summed E-state index contributed by atoms with van der Waals surface area (Å²) in [5.41, 5.74) is 3.62. The zero-order chi connectivity index (χ0) is 16.6. The van der Waals surface area contributed by atoms with E-state index in [1.54, 1.807) is 6.20 Å². The maximum Gasteiger partial charge on any atom is 0.119 e. The molecule has 0 aliphatic carbocycles. The van der Waals surface area contributed by atoms with Gasteiger partial charge in [0.25, 0.3) is 0 Å². The number of ether oxygens (including phenoxy) is 1. The Bertz CT molecular complexity index is 743. The molecule has 0 spiro atoms. The molecule has 0 fully saturated rings. The van der Waals surface area contributed by atoms with Gasteiger partial charge in [-0.3, -0.25) is 4.98 Å². The average molecular weight is 340 g/mol. The number of hydrogen-bond acceptors (Lipinski definition) is 2. The first kappa shape index (κ1) is 16.5. The molecule has 1 aromatic heterocycles. The van der Waals surface area contributed by atoms with Gasteiger partial charge in [-0.05, 0) is 48.0 Å². The molecule has 0 saturated carbocycles. The van der Waals surface area contributed by atoms with Gasteiger partial charge in [-0.1, -0.05) is 29.8 Å². The first-order valence-electron chi connectivity index (χ1n) is 7.96. The van der Waals surface area contributed by atoms with E-state index < -0.39 is 0 Å². The smallest absolute Gasteiger partial charge is 0.119 e. The van der Waals surface area contributed by atoms with Crippen molar-refractivity contribution in [1.29, 1.82) is 0 Å². The van der Waals surface area contributed by atoms with E-state index in [1.807, 2.05) is 48.7 Å². The molecule has 122 valence electrons. The Morgan fingerprint density at radius 1 is 0.833 bits per heavy atom. The normalized spacial score (nSPS) is 10.5. The number of nitrogens with zero attached hydrogens (tertiary/aromatic N) is 1. The first-order chi connectivity index (χ1) is 11.8. The van der Waals surface area contributed by atoms with Gasteiger partial charge in [-0.15, -0.1) is 0 Å². The van der Waals surface area contributed by atoms with Crippen LogP contribution in [0.5, 0.6) is 5.75 Å². The van der Waals surface area contributed by atoms with Crippen molar-refractivity contribution in [2.45, 2.75) is 19.7 Å². The fraction of sp³-hybridized carbons (Fsp3) is 0.150. The van der Waals surface area contributed by atoms with E-state index in [0.717, 1.165) is 29.4 Å². The van der Waals surface area contributed by atoms with Gasteiger partial charge in [0.05, 0.1) is 0 Å².